The first-order chi connectivity index (χ1) is 13.4. The summed E-state index contributed by atoms with van der Waals surface area (Å²) in [6.45, 7) is 3.44. The van der Waals surface area contributed by atoms with Crippen LogP contribution in [-0.4, -0.2) is 4.98 Å². The predicted molar refractivity (Wildman–Crippen MR) is 125 cm³/mol. The van der Waals surface area contributed by atoms with Crippen molar-refractivity contribution in [3.05, 3.63) is 30.6 Å². The zero-order valence-corrected chi connectivity index (χ0v) is 19.1. The third-order valence-electron chi connectivity index (χ3n) is 5.84. The Balaban J connectivity index is 0.00000392. The van der Waals surface area contributed by atoms with Gasteiger partial charge in [-0.3, -0.25) is 0 Å². The van der Waals surface area contributed by atoms with Gasteiger partial charge < -0.3 is 0 Å². The number of hydrogen-bond acceptors (Lipinski definition) is 0. The van der Waals surface area contributed by atoms with Crippen LogP contribution in [0.4, 0.5) is 0 Å². The molecule has 0 radical (unpaired) electrons. The molecule has 0 saturated carbocycles. The normalized spacial score (nSPS) is 11.0. The van der Waals surface area contributed by atoms with E-state index in [1.165, 1.54) is 114 Å². The molecule has 0 saturated heterocycles. The van der Waals surface area contributed by atoms with E-state index in [2.05, 4.69) is 47.1 Å². The van der Waals surface area contributed by atoms with E-state index in [9.17, 15) is 0 Å². The van der Waals surface area contributed by atoms with E-state index < -0.39 is 0 Å². The molecule has 0 amide bonds. The maximum absolute atomic E-state index is 3.36. The average Bonchev–Trinajstić information content (AvgIpc) is 3.11. The van der Waals surface area contributed by atoms with Crippen LogP contribution in [0.15, 0.2) is 30.6 Å². The Labute approximate surface area is 179 Å². The van der Waals surface area contributed by atoms with E-state index in [0.29, 0.717) is 0 Å². The minimum atomic E-state index is 0. The summed E-state index contributed by atoms with van der Waals surface area (Å²) in [5.74, 6) is 0. The van der Waals surface area contributed by atoms with Gasteiger partial charge in [-0.15, -0.1) is 12.4 Å². The van der Waals surface area contributed by atoms with Gasteiger partial charge >= 0.3 is 0 Å². The summed E-state index contributed by atoms with van der Waals surface area (Å²) < 4.78 is 2.36. The fourth-order valence-corrected chi connectivity index (χ4v) is 4.08. The number of halogens is 1. The highest BCUT2D eigenvalue weighted by atomic mass is 35.5. The molecule has 2 nitrogen and oxygen atoms in total. The molecular formula is C25H44ClN2+. The maximum atomic E-state index is 3.36. The Hall–Kier alpha value is -1.02. The molecule has 3 heteroatoms. The van der Waals surface area contributed by atoms with Crippen LogP contribution in [0.3, 0.4) is 0 Å². The first-order valence-electron chi connectivity index (χ1n) is 11.9. The van der Waals surface area contributed by atoms with Gasteiger partial charge in [0.1, 0.15) is 0 Å². The van der Waals surface area contributed by atoms with E-state index in [0.717, 1.165) is 6.54 Å². The monoisotopic (exact) mass is 407 g/mol. The third-order valence-corrected chi connectivity index (χ3v) is 5.84. The van der Waals surface area contributed by atoms with E-state index in [-0.39, 0.29) is 12.4 Å². The molecule has 0 aliphatic rings. The highest BCUT2D eigenvalue weighted by Gasteiger charge is 2.07. The highest BCUT2D eigenvalue weighted by Crippen LogP contribution is 2.14. The van der Waals surface area contributed by atoms with Crippen LogP contribution in [0, 0.1) is 0 Å². The number of fused-ring (bicyclic) bond motifs is 1. The second-order valence-corrected chi connectivity index (χ2v) is 8.29. The van der Waals surface area contributed by atoms with Crippen molar-refractivity contribution >= 4 is 23.4 Å². The zero-order chi connectivity index (χ0) is 19.0. The molecule has 0 bridgehead atoms. The second-order valence-electron chi connectivity index (χ2n) is 8.29. The lowest BCUT2D eigenvalue weighted by Crippen LogP contribution is -2.31. The highest BCUT2D eigenvalue weighted by molar-refractivity contribution is 5.85. The molecule has 160 valence electrons. The van der Waals surface area contributed by atoms with E-state index in [1.807, 2.05) is 0 Å². The summed E-state index contributed by atoms with van der Waals surface area (Å²) in [6, 6.07) is 8.58. The molecule has 0 fully saturated rings. The lowest BCUT2D eigenvalue weighted by molar-refractivity contribution is -0.671. The fraction of sp³-hybridized carbons (Fsp3) is 0.720. The Kier molecular flexibility index (Phi) is 15.1. The maximum Gasteiger partial charge on any atom is 0.242 e. The predicted octanol–water partition coefficient (Wildman–Crippen LogP) is 8.14. The van der Waals surface area contributed by atoms with Crippen molar-refractivity contribution in [2.24, 2.45) is 0 Å². The average molecular weight is 408 g/mol. The van der Waals surface area contributed by atoms with Crippen molar-refractivity contribution < 1.29 is 4.57 Å². The number of nitrogens with zero attached hydrogens (tertiary/aromatic N) is 1. The van der Waals surface area contributed by atoms with Crippen LogP contribution >= 0.6 is 12.4 Å². The van der Waals surface area contributed by atoms with Gasteiger partial charge in [0.15, 0.2) is 11.0 Å². The first-order valence-corrected chi connectivity index (χ1v) is 11.9. The second kappa shape index (κ2) is 16.9. The Morgan fingerprint density at radius 2 is 1.11 bits per heavy atom. The SMILES string of the molecule is CCCCCCCCCCCCCCCCCC[n+]1c[nH]c2ccccc21.Cl. The minimum Gasteiger partial charge on any atom is -0.243 e. The van der Waals surface area contributed by atoms with Gasteiger partial charge in [0, 0.05) is 0 Å². The van der Waals surface area contributed by atoms with E-state index in [1.54, 1.807) is 0 Å². The van der Waals surface area contributed by atoms with Gasteiger partial charge in [-0.25, -0.2) is 9.55 Å². The molecule has 28 heavy (non-hydrogen) atoms. The number of aromatic amines is 1. The Morgan fingerprint density at radius 3 is 1.64 bits per heavy atom. The van der Waals surface area contributed by atoms with Crippen LogP contribution in [0.2, 0.25) is 0 Å². The molecule has 0 aliphatic carbocycles. The number of aromatic nitrogens is 2. The van der Waals surface area contributed by atoms with Crippen molar-refractivity contribution in [2.45, 2.75) is 116 Å². The topological polar surface area (TPSA) is 19.7 Å². The van der Waals surface area contributed by atoms with E-state index in [4.69, 9.17) is 0 Å². The molecule has 0 aliphatic heterocycles. The zero-order valence-electron chi connectivity index (χ0n) is 18.3. The number of unbranched alkanes of at least 4 members (excludes halogenated alkanes) is 15. The van der Waals surface area contributed by atoms with Gasteiger partial charge in [0.25, 0.3) is 0 Å². The molecular weight excluding hydrogens is 364 g/mol. The molecule has 1 aromatic heterocycles. The van der Waals surface area contributed by atoms with Crippen LogP contribution in [0.5, 0.6) is 0 Å². The first kappa shape index (κ1) is 25.0. The number of benzene rings is 1. The molecule has 0 atom stereocenters. The number of H-pyrrole nitrogens is 1. The van der Waals surface area contributed by atoms with Crippen molar-refractivity contribution in [1.29, 1.82) is 0 Å². The quantitative estimate of drug-likeness (QED) is 0.201. The molecule has 0 spiro atoms. The summed E-state index contributed by atoms with van der Waals surface area (Å²) in [5, 5.41) is 0. The van der Waals surface area contributed by atoms with Gasteiger partial charge in [0.2, 0.25) is 6.33 Å². The number of aryl methyl sites for hydroxylation is 1. The van der Waals surface area contributed by atoms with Crippen LogP contribution in [-0.2, 0) is 6.54 Å². The van der Waals surface area contributed by atoms with Crippen LogP contribution < -0.4 is 4.57 Å². The number of rotatable bonds is 17. The van der Waals surface area contributed by atoms with Crippen molar-refractivity contribution in [2.75, 3.05) is 0 Å². The molecule has 2 rings (SSSR count). The van der Waals surface area contributed by atoms with Gasteiger partial charge in [-0.05, 0) is 25.0 Å². The van der Waals surface area contributed by atoms with Crippen LogP contribution in [0.25, 0.3) is 11.0 Å². The number of hydrogen-bond donors (Lipinski definition) is 1. The van der Waals surface area contributed by atoms with Gasteiger partial charge in [-0.1, -0.05) is 109 Å². The lowest BCUT2D eigenvalue weighted by atomic mass is 10.0. The number of imidazole rings is 1. The Bertz CT molecular complexity index is 593. The Morgan fingerprint density at radius 1 is 0.643 bits per heavy atom. The number of nitrogens with one attached hydrogen (secondary N) is 1. The summed E-state index contributed by atoms with van der Waals surface area (Å²) in [6.07, 6.45) is 25.0. The summed E-state index contributed by atoms with van der Waals surface area (Å²) in [4.78, 5) is 3.36. The van der Waals surface area contributed by atoms with Crippen molar-refractivity contribution in [1.82, 2.24) is 4.98 Å². The minimum absolute atomic E-state index is 0. The largest absolute Gasteiger partial charge is 0.243 e. The summed E-state index contributed by atoms with van der Waals surface area (Å²) >= 11 is 0. The molecule has 2 aromatic rings. The van der Waals surface area contributed by atoms with Gasteiger partial charge in [0.05, 0.1) is 6.54 Å². The molecule has 1 heterocycles. The molecule has 0 unspecified atom stereocenters. The summed E-state index contributed by atoms with van der Waals surface area (Å²) in [7, 11) is 0. The molecule has 1 N–H and O–H groups in total. The van der Waals surface area contributed by atoms with Gasteiger partial charge in [-0.2, -0.15) is 0 Å². The van der Waals surface area contributed by atoms with Crippen molar-refractivity contribution in [3.8, 4) is 0 Å². The standard InChI is InChI=1S/C25H42N2.ClH/c1-2-3-4-5-6-7-8-9-10-11-12-13-14-15-16-19-22-27-23-26-24-20-17-18-21-25(24)27;/h17-18,20-21,23H,2-16,19,22H2,1H3;1H/p+1. The molecule has 1 aromatic carbocycles. The van der Waals surface area contributed by atoms with E-state index >= 15 is 0 Å². The fourth-order valence-electron chi connectivity index (χ4n) is 4.08. The lowest BCUT2D eigenvalue weighted by Gasteiger charge is -2.03. The number of para-hydroxylation sites is 2. The smallest absolute Gasteiger partial charge is 0.242 e. The summed E-state index contributed by atoms with van der Waals surface area (Å²) in [5.41, 5.74) is 2.58. The third kappa shape index (κ3) is 10.5. The van der Waals surface area contributed by atoms with Crippen LogP contribution in [0.1, 0.15) is 110 Å². The van der Waals surface area contributed by atoms with Crippen molar-refractivity contribution in [3.63, 3.8) is 0 Å².